The van der Waals surface area contributed by atoms with Crippen LogP contribution in [0.5, 0.6) is 0 Å². The molecule has 0 spiro atoms. The van der Waals surface area contributed by atoms with Crippen LogP contribution in [-0.2, 0) is 17.6 Å². The minimum atomic E-state index is -0.0395. The molecule has 0 saturated carbocycles. The van der Waals surface area contributed by atoms with Crippen molar-refractivity contribution in [3.05, 3.63) is 47.2 Å². The Balaban J connectivity index is 1.56. The molecule has 8 heteroatoms. The van der Waals surface area contributed by atoms with E-state index in [2.05, 4.69) is 19.2 Å². The number of thioether (sulfide) groups is 2. The van der Waals surface area contributed by atoms with E-state index in [9.17, 15) is 4.79 Å². The number of hydrogen-bond acceptors (Lipinski definition) is 7. The minimum absolute atomic E-state index is 0.0395. The normalized spacial score (nSPS) is 13.6. The van der Waals surface area contributed by atoms with Crippen molar-refractivity contribution in [3.8, 4) is 0 Å². The van der Waals surface area contributed by atoms with Crippen LogP contribution in [0.4, 0.5) is 5.69 Å². The number of hydrogen-bond donors (Lipinski definition) is 1. The Kier molecular flexibility index (Phi) is 6.58. The fraction of sp³-hybridized carbons (Fsp3) is 0.360. The smallest absolute Gasteiger partial charge is 0.234 e. The van der Waals surface area contributed by atoms with Crippen LogP contribution in [0.25, 0.3) is 20.4 Å². The molecule has 0 saturated heterocycles. The van der Waals surface area contributed by atoms with E-state index in [1.165, 1.54) is 46.8 Å². The average molecular weight is 495 g/mol. The number of benzene rings is 1. The van der Waals surface area contributed by atoms with Crippen molar-refractivity contribution < 1.29 is 4.79 Å². The highest BCUT2D eigenvalue weighted by molar-refractivity contribution is 8.00. The lowest BCUT2D eigenvalue weighted by Gasteiger charge is -2.21. The molecule has 0 fully saturated rings. The summed E-state index contributed by atoms with van der Waals surface area (Å²) in [5, 5.41) is 5.78. The number of fused-ring (bicyclic) bond motifs is 5. The third kappa shape index (κ3) is 4.48. The van der Waals surface area contributed by atoms with Gasteiger partial charge >= 0.3 is 0 Å². The molecule has 1 amide bonds. The summed E-state index contributed by atoms with van der Waals surface area (Å²) in [7, 11) is 0. The molecule has 5 rings (SSSR count). The predicted octanol–water partition coefficient (Wildman–Crippen LogP) is 6.69. The number of carbonyl (C=O) groups excluding carboxylic acids is 1. The molecule has 0 radical (unpaired) electrons. The Bertz CT molecular complexity index is 1330. The molecule has 1 aliphatic carbocycles. The van der Waals surface area contributed by atoms with Crippen LogP contribution in [0.15, 0.2) is 40.5 Å². The summed E-state index contributed by atoms with van der Waals surface area (Å²) in [6.45, 7) is 4.46. The Hall–Kier alpha value is -2.16. The molecule has 1 aromatic carbocycles. The third-order valence-electron chi connectivity index (χ3n) is 5.89. The number of pyridine rings is 1. The van der Waals surface area contributed by atoms with Gasteiger partial charge in [0.15, 0.2) is 5.16 Å². The van der Waals surface area contributed by atoms with Crippen molar-refractivity contribution in [1.29, 1.82) is 0 Å². The maximum Gasteiger partial charge on any atom is 0.234 e. The van der Waals surface area contributed by atoms with Crippen LogP contribution in [0.1, 0.15) is 49.4 Å². The number of rotatable bonds is 6. The lowest BCUT2D eigenvalue weighted by Crippen LogP contribution is -2.14. The zero-order valence-electron chi connectivity index (χ0n) is 19.0. The zero-order chi connectivity index (χ0) is 22.9. The highest BCUT2D eigenvalue weighted by Gasteiger charge is 2.25. The van der Waals surface area contributed by atoms with Gasteiger partial charge in [0.05, 0.1) is 16.0 Å². The van der Waals surface area contributed by atoms with Gasteiger partial charge in [-0.15, -0.1) is 11.3 Å². The number of anilines is 1. The van der Waals surface area contributed by atoms with Crippen LogP contribution >= 0.6 is 34.9 Å². The highest BCUT2D eigenvalue weighted by atomic mass is 32.2. The quantitative estimate of drug-likeness (QED) is 0.183. The van der Waals surface area contributed by atoms with Gasteiger partial charge in [0.25, 0.3) is 0 Å². The molecule has 5 nitrogen and oxygen atoms in total. The molecule has 0 aliphatic heterocycles. The number of carbonyl (C=O) groups is 1. The second-order valence-electron chi connectivity index (χ2n) is 8.49. The monoisotopic (exact) mass is 494 g/mol. The summed E-state index contributed by atoms with van der Waals surface area (Å²) >= 11 is 4.69. The largest absolute Gasteiger partial charge is 0.325 e. The summed E-state index contributed by atoms with van der Waals surface area (Å²) < 4.78 is 1.04. The van der Waals surface area contributed by atoms with Crippen molar-refractivity contribution in [2.45, 2.75) is 55.6 Å². The molecule has 170 valence electrons. The van der Waals surface area contributed by atoms with E-state index in [0.29, 0.717) is 11.7 Å². The Labute approximate surface area is 206 Å². The Morgan fingerprint density at radius 1 is 1.09 bits per heavy atom. The molecule has 0 unspecified atom stereocenters. The Morgan fingerprint density at radius 2 is 1.85 bits per heavy atom. The van der Waals surface area contributed by atoms with Crippen LogP contribution < -0.4 is 5.32 Å². The molecule has 0 atom stereocenters. The van der Waals surface area contributed by atoms with Crippen LogP contribution in [0, 0.1) is 0 Å². The van der Waals surface area contributed by atoms with Crippen molar-refractivity contribution in [1.82, 2.24) is 15.0 Å². The van der Waals surface area contributed by atoms with Gasteiger partial charge in [0.1, 0.15) is 9.86 Å². The number of amides is 1. The summed E-state index contributed by atoms with van der Waals surface area (Å²) in [4.78, 5) is 28.5. The summed E-state index contributed by atoms with van der Waals surface area (Å²) in [6.07, 6.45) is 6.62. The van der Waals surface area contributed by atoms with E-state index in [1.54, 1.807) is 23.1 Å². The van der Waals surface area contributed by atoms with Crippen molar-refractivity contribution in [3.63, 3.8) is 0 Å². The molecule has 1 N–H and O–H groups in total. The number of aromatic nitrogens is 3. The lowest BCUT2D eigenvalue weighted by molar-refractivity contribution is -0.113. The average Bonchev–Trinajstić information content (AvgIpc) is 3.21. The first-order valence-corrected chi connectivity index (χ1v) is 14.3. The maximum atomic E-state index is 12.6. The molecule has 1 aliphatic rings. The van der Waals surface area contributed by atoms with Crippen LogP contribution in [-0.4, -0.2) is 32.9 Å². The summed E-state index contributed by atoms with van der Waals surface area (Å²) in [5.41, 5.74) is 5.91. The van der Waals surface area contributed by atoms with Crippen molar-refractivity contribution in [2.75, 3.05) is 17.3 Å². The number of nitrogens with one attached hydrogen (secondary N) is 1. The molecule has 3 heterocycles. The van der Waals surface area contributed by atoms with Crippen LogP contribution in [0.2, 0.25) is 0 Å². The van der Waals surface area contributed by atoms with E-state index >= 15 is 0 Å². The summed E-state index contributed by atoms with van der Waals surface area (Å²) in [6, 6.07) is 9.55. The molecule has 0 bridgehead atoms. The lowest BCUT2D eigenvalue weighted by atomic mass is 9.86. The number of para-hydroxylation sites is 1. The minimum Gasteiger partial charge on any atom is -0.325 e. The number of nitrogens with zero attached hydrogens (tertiary/aromatic N) is 3. The topological polar surface area (TPSA) is 67.8 Å². The van der Waals surface area contributed by atoms with Crippen molar-refractivity contribution >= 4 is 66.9 Å². The van der Waals surface area contributed by atoms with Gasteiger partial charge in [-0.05, 0) is 61.1 Å². The molecule has 33 heavy (non-hydrogen) atoms. The second-order valence-corrected chi connectivity index (χ2v) is 11.2. The maximum absolute atomic E-state index is 12.6. The van der Waals surface area contributed by atoms with Gasteiger partial charge in [-0.1, -0.05) is 55.6 Å². The molecular weight excluding hydrogens is 469 g/mol. The number of thiophene rings is 1. The first-order chi connectivity index (χ1) is 16.0. The molecule has 4 aromatic rings. The fourth-order valence-electron chi connectivity index (χ4n) is 4.43. The van der Waals surface area contributed by atoms with E-state index < -0.39 is 0 Å². The molecular formula is C25H26N4OS3. The number of aryl methyl sites for hydroxylation is 1. The second kappa shape index (κ2) is 9.60. The fourth-order valence-corrected chi connectivity index (χ4v) is 6.91. The van der Waals surface area contributed by atoms with Gasteiger partial charge in [0, 0.05) is 16.8 Å². The zero-order valence-corrected chi connectivity index (χ0v) is 21.4. The van der Waals surface area contributed by atoms with Gasteiger partial charge in [-0.2, -0.15) is 0 Å². The Morgan fingerprint density at radius 3 is 2.58 bits per heavy atom. The van der Waals surface area contributed by atoms with E-state index in [-0.39, 0.29) is 5.91 Å². The standard InChI is InChI=1S/C25H26N4OS3/c1-14(2)20-17-12-8-7-11-16(17)19-21-22(33-23(19)27-20)24(29-25(28-21)31-3)32-13-18(30)26-15-9-5-4-6-10-15/h4-6,9-10,14H,7-8,11-13H2,1-3H3,(H,26,30). The van der Waals surface area contributed by atoms with Crippen molar-refractivity contribution in [2.24, 2.45) is 0 Å². The SMILES string of the molecule is CSc1nc(SCC(=O)Nc2ccccc2)c2sc3nc(C(C)C)c4c(c3c2n1)CCCC4. The predicted molar refractivity (Wildman–Crippen MR) is 141 cm³/mol. The third-order valence-corrected chi connectivity index (χ3v) is 8.62. The van der Waals surface area contributed by atoms with E-state index in [0.717, 1.165) is 43.8 Å². The molecule has 3 aromatic heterocycles. The first kappa shape index (κ1) is 22.6. The van der Waals surface area contributed by atoms with E-state index in [1.807, 2.05) is 36.6 Å². The van der Waals surface area contributed by atoms with Gasteiger partial charge in [0.2, 0.25) is 5.91 Å². The van der Waals surface area contributed by atoms with Crippen LogP contribution in [0.3, 0.4) is 0 Å². The van der Waals surface area contributed by atoms with E-state index in [4.69, 9.17) is 15.0 Å². The highest BCUT2D eigenvalue weighted by Crippen LogP contribution is 2.43. The first-order valence-electron chi connectivity index (χ1n) is 11.2. The van der Waals surface area contributed by atoms with Gasteiger partial charge < -0.3 is 5.32 Å². The summed E-state index contributed by atoms with van der Waals surface area (Å²) in [5.74, 6) is 0.656. The van der Waals surface area contributed by atoms with Gasteiger partial charge in [-0.25, -0.2) is 15.0 Å². The van der Waals surface area contributed by atoms with Gasteiger partial charge in [-0.3, -0.25) is 4.79 Å².